The van der Waals surface area contributed by atoms with Crippen LogP contribution >= 0.6 is 11.3 Å². The van der Waals surface area contributed by atoms with Gasteiger partial charge in [0.25, 0.3) is 0 Å². The number of fused-ring (bicyclic) bond motifs is 1. The molecule has 3 heterocycles. The van der Waals surface area contributed by atoms with E-state index >= 15 is 0 Å². The molecule has 0 unspecified atom stereocenters. The maximum Gasteiger partial charge on any atom is 0.239 e. The molecule has 2 aromatic rings. The van der Waals surface area contributed by atoms with Crippen LogP contribution in [0.4, 0.5) is 5.13 Å². The molecule has 1 N–H and O–H groups in total. The van der Waals surface area contributed by atoms with Gasteiger partial charge in [0.05, 0.1) is 29.8 Å². The Bertz CT molecular complexity index is 800. The minimum atomic E-state index is -0.0779. The van der Waals surface area contributed by atoms with Crippen molar-refractivity contribution in [2.24, 2.45) is 5.92 Å². The van der Waals surface area contributed by atoms with Crippen LogP contribution in [0, 0.1) is 5.92 Å². The van der Waals surface area contributed by atoms with Gasteiger partial charge in [-0.05, 0) is 12.1 Å². The number of hydrogen-bond acceptors (Lipinski definition) is 6. The predicted octanol–water partition coefficient (Wildman–Crippen LogP) is 0.699. The summed E-state index contributed by atoms with van der Waals surface area (Å²) >= 11 is 1.62. The second kappa shape index (κ2) is 5.94. The van der Waals surface area contributed by atoms with Gasteiger partial charge in [-0.3, -0.25) is 9.59 Å². The number of nitrogens with one attached hydrogen (secondary N) is 1. The average molecular weight is 346 g/mol. The first-order chi connectivity index (χ1) is 11.6. The monoisotopic (exact) mass is 346 g/mol. The molecular formula is C16H18N4O3S. The third kappa shape index (κ3) is 2.66. The number of benzene rings is 1. The van der Waals surface area contributed by atoms with Crippen LogP contribution in [0.2, 0.25) is 0 Å². The fraction of sp³-hybridized carbons (Fsp3) is 0.438. The Balaban J connectivity index is 1.41. The number of thiazole rings is 1. The van der Waals surface area contributed by atoms with Gasteiger partial charge in [0, 0.05) is 32.2 Å². The molecule has 2 aliphatic rings. The molecule has 1 aromatic heterocycles. The van der Waals surface area contributed by atoms with Crippen molar-refractivity contribution in [1.82, 2.24) is 15.2 Å². The largest absolute Gasteiger partial charge is 0.497 e. The zero-order chi connectivity index (χ0) is 16.7. The third-order valence-electron chi connectivity index (χ3n) is 4.43. The van der Waals surface area contributed by atoms with Gasteiger partial charge in [0.1, 0.15) is 5.75 Å². The lowest BCUT2D eigenvalue weighted by Gasteiger charge is -2.41. The summed E-state index contributed by atoms with van der Waals surface area (Å²) in [6.45, 7) is 2.64. The molecule has 0 radical (unpaired) electrons. The Morgan fingerprint density at radius 1 is 1.42 bits per heavy atom. The van der Waals surface area contributed by atoms with Crippen molar-refractivity contribution < 1.29 is 14.3 Å². The summed E-state index contributed by atoms with van der Waals surface area (Å²) in [7, 11) is 1.64. The highest BCUT2D eigenvalue weighted by Crippen LogP contribution is 2.34. The minimum absolute atomic E-state index is 0.0440. The average Bonchev–Trinajstić information content (AvgIpc) is 2.95. The lowest BCUT2D eigenvalue weighted by atomic mass is 9.99. The number of methoxy groups -OCH3 is 1. The molecule has 7 nitrogen and oxygen atoms in total. The van der Waals surface area contributed by atoms with E-state index in [0.29, 0.717) is 26.2 Å². The predicted molar refractivity (Wildman–Crippen MR) is 91.5 cm³/mol. The third-order valence-corrected chi connectivity index (χ3v) is 5.53. The van der Waals surface area contributed by atoms with Crippen LogP contribution in [-0.4, -0.2) is 61.5 Å². The number of anilines is 1. The molecule has 1 aromatic carbocycles. The van der Waals surface area contributed by atoms with Gasteiger partial charge in [0.15, 0.2) is 5.13 Å². The summed E-state index contributed by atoms with van der Waals surface area (Å²) < 4.78 is 6.33. The number of aromatic nitrogens is 1. The van der Waals surface area contributed by atoms with Crippen molar-refractivity contribution in [1.29, 1.82) is 0 Å². The number of piperazine rings is 1. The molecule has 4 rings (SSSR count). The Labute approximate surface area is 143 Å². The Morgan fingerprint density at radius 3 is 3.00 bits per heavy atom. The molecule has 0 saturated carbocycles. The lowest BCUT2D eigenvalue weighted by molar-refractivity contribution is -0.142. The highest BCUT2D eigenvalue weighted by atomic mass is 32.1. The zero-order valence-electron chi connectivity index (χ0n) is 13.3. The van der Waals surface area contributed by atoms with Gasteiger partial charge in [-0.1, -0.05) is 11.3 Å². The van der Waals surface area contributed by atoms with E-state index in [4.69, 9.17) is 4.74 Å². The zero-order valence-corrected chi connectivity index (χ0v) is 14.1. The normalized spacial score (nSPS) is 18.5. The summed E-state index contributed by atoms with van der Waals surface area (Å²) in [5.74, 6) is 0.742. The van der Waals surface area contributed by atoms with Crippen molar-refractivity contribution in [3.63, 3.8) is 0 Å². The Kier molecular flexibility index (Phi) is 3.76. The van der Waals surface area contributed by atoms with Crippen molar-refractivity contribution >= 4 is 38.5 Å². The van der Waals surface area contributed by atoms with E-state index in [1.165, 1.54) is 0 Å². The van der Waals surface area contributed by atoms with E-state index in [-0.39, 0.29) is 24.3 Å². The molecule has 2 fully saturated rings. The van der Waals surface area contributed by atoms with Crippen molar-refractivity contribution in [2.45, 2.75) is 0 Å². The molecule has 2 saturated heterocycles. The first kappa shape index (κ1) is 15.2. The fourth-order valence-electron chi connectivity index (χ4n) is 3.03. The Morgan fingerprint density at radius 2 is 2.25 bits per heavy atom. The first-order valence-electron chi connectivity index (χ1n) is 7.89. The van der Waals surface area contributed by atoms with E-state index in [9.17, 15) is 9.59 Å². The molecule has 126 valence electrons. The van der Waals surface area contributed by atoms with Gasteiger partial charge < -0.3 is 19.9 Å². The smallest absolute Gasteiger partial charge is 0.239 e. The van der Waals surface area contributed by atoms with E-state index in [2.05, 4.69) is 15.2 Å². The molecule has 24 heavy (non-hydrogen) atoms. The van der Waals surface area contributed by atoms with Gasteiger partial charge in [-0.2, -0.15) is 0 Å². The molecule has 0 bridgehead atoms. The maximum absolute atomic E-state index is 12.4. The van der Waals surface area contributed by atoms with E-state index < -0.39 is 0 Å². The minimum Gasteiger partial charge on any atom is -0.497 e. The molecular weight excluding hydrogens is 328 g/mol. The van der Waals surface area contributed by atoms with Crippen molar-refractivity contribution in [2.75, 3.05) is 44.7 Å². The quantitative estimate of drug-likeness (QED) is 0.885. The van der Waals surface area contributed by atoms with E-state index in [1.807, 2.05) is 18.2 Å². The second-order valence-corrected chi connectivity index (χ2v) is 7.05. The van der Waals surface area contributed by atoms with Crippen LogP contribution in [0.15, 0.2) is 18.2 Å². The summed E-state index contributed by atoms with van der Waals surface area (Å²) in [5, 5.41) is 3.67. The molecule has 2 amide bonds. The van der Waals surface area contributed by atoms with Crippen LogP contribution in [-0.2, 0) is 9.59 Å². The fourth-order valence-corrected chi connectivity index (χ4v) is 4.00. The number of hydrogen-bond donors (Lipinski definition) is 1. The number of ether oxygens (including phenoxy) is 1. The van der Waals surface area contributed by atoms with Gasteiger partial charge in [-0.15, -0.1) is 0 Å². The van der Waals surface area contributed by atoms with Crippen molar-refractivity contribution in [3.8, 4) is 5.75 Å². The summed E-state index contributed by atoms with van der Waals surface area (Å²) in [4.78, 5) is 32.3. The van der Waals surface area contributed by atoms with Crippen LogP contribution in [0.3, 0.4) is 0 Å². The van der Waals surface area contributed by atoms with Crippen LogP contribution in [0.5, 0.6) is 5.75 Å². The molecule has 0 spiro atoms. The highest BCUT2D eigenvalue weighted by Gasteiger charge is 2.37. The van der Waals surface area contributed by atoms with Gasteiger partial charge >= 0.3 is 0 Å². The van der Waals surface area contributed by atoms with Crippen LogP contribution in [0.25, 0.3) is 10.2 Å². The number of amides is 2. The van der Waals surface area contributed by atoms with Gasteiger partial charge in [-0.25, -0.2) is 4.98 Å². The second-order valence-electron chi connectivity index (χ2n) is 6.04. The highest BCUT2D eigenvalue weighted by molar-refractivity contribution is 7.22. The SMILES string of the molecule is COc1ccc2sc(N3CC(C(=O)N4CCNC(=O)C4)C3)nc2c1. The number of carbonyl (C=O) groups is 2. The molecule has 8 heteroatoms. The lowest BCUT2D eigenvalue weighted by Crippen LogP contribution is -2.58. The van der Waals surface area contributed by atoms with Crippen molar-refractivity contribution in [3.05, 3.63) is 18.2 Å². The molecule has 2 aliphatic heterocycles. The number of nitrogens with zero attached hydrogens (tertiary/aromatic N) is 3. The maximum atomic E-state index is 12.4. The summed E-state index contributed by atoms with van der Waals surface area (Å²) in [5.41, 5.74) is 0.914. The molecule has 0 atom stereocenters. The topological polar surface area (TPSA) is 74.8 Å². The Hall–Kier alpha value is -2.35. The first-order valence-corrected chi connectivity index (χ1v) is 8.71. The number of carbonyl (C=O) groups excluding carboxylic acids is 2. The van der Waals surface area contributed by atoms with E-state index in [0.717, 1.165) is 21.1 Å². The van der Waals surface area contributed by atoms with Crippen LogP contribution in [0.1, 0.15) is 0 Å². The number of rotatable bonds is 3. The summed E-state index contributed by atoms with van der Waals surface area (Å²) in [6.07, 6.45) is 0. The molecule has 0 aliphatic carbocycles. The van der Waals surface area contributed by atoms with Crippen LogP contribution < -0.4 is 15.0 Å². The standard InChI is InChI=1S/C16H18N4O3S/c1-23-11-2-3-13-12(6-11)18-16(24-13)20-7-10(8-20)15(22)19-5-4-17-14(21)9-19/h2-3,6,10H,4-5,7-9H2,1H3,(H,17,21). The van der Waals surface area contributed by atoms with Gasteiger partial charge in [0.2, 0.25) is 11.8 Å². The summed E-state index contributed by atoms with van der Waals surface area (Å²) in [6, 6.07) is 5.85. The van der Waals surface area contributed by atoms with E-state index in [1.54, 1.807) is 23.3 Å².